The second-order valence-electron chi connectivity index (χ2n) is 7.74. The van der Waals surface area contributed by atoms with E-state index in [0.717, 1.165) is 11.4 Å². The summed E-state index contributed by atoms with van der Waals surface area (Å²) in [6.07, 6.45) is 1.42. The number of anilines is 1. The highest BCUT2D eigenvalue weighted by molar-refractivity contribution is 6.30. The molecule has 152 valence electrons. The van der Waals surface area contributed by atoms with E-state index in [1.807, 2.05) is 39.0 Å². The normalized spacial score (nSPS) is 11.3. The molecule has 2 heterocycles. The monoisotopic (exact) mass is 414 g/mol. The highest BCUT2D eigenvalue weighted by atomic mass is 35.5. The van der Waals surface area contributed by atoms with Gasteiger partial charge in [-0.15, -0.1) is 0 Å². The molecule has 1 aromatic carbocycles. The first kappa shape index (κ1) is 20.7. The molecule has 8 heteroatoms. The molecule has 29 heavy (non-hydrogen) atoms. The third-order valence-corrected chi connectivity index (χ3v) is 4.53. The minimum Gasteiger partial charge on any atom is -0.459 e. The molecular weight excluding hydrogens is 392 g/mol. The van der Waals surface area contributed by atoms with E-state index in [2.05, 4.69) is 10.4 Å². The predicted octanol–water partition coefficient (Wildman–Crippen LogP) is 4.13. The first-order valence-corrected chi connectivity index (χ1v) is 9.48. The van der Waals surface area contributed by atoms with Gasteiger partial charge in [0, 0.05) is 23.6 Å². The maximum atomic E-state index is 12.6. The number of amides is 2. The maximum Gasteiger partial charge on any atom is 0.289 e. The Balaban J connectivity index is 1.81. The van der Waals surface area contributed by atoms with Gasteiger partial charge in [-0.2, -0.15) is 5.10 Å². The van der Waals surface area contributed by atoms with Crippen LogP contribution in [0.4, 0.5) is 5.82 Å². The van der Waals surface area contributed by atoms with Gasteiger partial charge in [-0.3, -0.25) is 9.59 Å². The Morgan fingerprint density at radius 1 is 1.21 bits per heavy atom. The Morgan fingerprint density at radius 3 is 2.48 bits per heavy atom. The van der Waals surface area contributed by atoms with E-state index in [9.17, 15) is 9.59 Å². The molecule has 0 radical (unpaired) electrons. The van der Waals surface area contributed by atoms with Crippen LogP contribution in [0.2, 0.25) is 5.02 Å². The number of likely N-dealkylation sites (N-methyl/N-ethyl adjacent to an activating group) is 1. The number of nitrogens with one attached hydrogen (secondary N) is 1. The highest BCUT2D eigenvalue weighted by Crippen LogP contribution is 2.26. The van der Waals surface area contributed by atoms with Gasteiger partial charge in [0.05, 0.1) is 17.6 Å². The number of hydrogen-bond acceptors (Lipinski definition) is 4. The molecule has 0 saturated heterocycles. The van der Waals surface area contributed by atoms with E-state index in [-0.39, 0.29) is 29.5 Å². The maximum absolute atomic E-state index is 12.6. The molecule has 2 aromatic heterocycles. The van der Waals surface area contributed by atoms with Crippen LogP contribution < -0.4 is 5.32 Å². The van der Waals surface area contributed by atoms with E-state index in [4.69, 9.17) is 16.0 Å². The zero-order chi connectivity index (χ0) is 21.2. The smallest absolute Gasteiger partial charge is 0.289 e. The molecule has 0 atom stereocenters. The molecule has 0 fully saturated rings. The Hall–Kier alpha value is -3.06. The Morgan fingerprint density at radius 2 is 1.90 bits per heavy atom. The fourth-order valence-corrected chi connectivity index (χ4v) is 2.80. The summed E-state index contributed by atoms with van der Waals surface area (Å²) in [7, 11) is 1.54. The van der Waals surface area contributed by atoms with Crippen LogP contribution in [0.3, 0.4) is 0 Å². The summed E-state index contributed by atoms with van der Waals surface area (Å²) >= 11 is 5.99. The van der Waals surface area contributed by atoms with Crippen molar-refractivity contribution in [2.45, 2.75) is 26.2 Å². The molecular formula is C21H23ClN4O3. The summed E-state index contributed by atoms with van der Waals surface area (Å²) in [5.74, 6) is -0.0164. The second-order valence-corrected chi connectivity index (χ2v) is 8.18. The topological polar surface area (TPSA) is 80.4 Å². The van der Waals surface area contributed by atoms with Crippen LogP contribution in [0, 0.1) is 0 Å². The molecule has 0 bridgehead atoms. The van der Waals surface area contributed by atoms with Crippen LogP contribution in [0.15, 0.2) is 53.1 Å². The van der Waals surface area contributed by atoms with Crippen LogP contribution in [0.5, 0.6) is 0 Å². The number of aromatic nitrogens is 2. The third-order valence-electron chi connectivity index (χ3n) is 4.28. The van der Waals surface area contributed by atoms with Gasteiger partial charge in [-0.1, -0.05) is 32.4 Å². The van der Waals surface area contributed by atoms with Gasteiger partial charge in [0.1, 0.15) is 12.4 Å². The SMILES string of the molecule is CN(CC(=O)Nc1cc(C(C)(C)C)nn1-c1ccc(Cl)cc1)C(=O)c1ccco1. The molecule has 0 saturated carbocycles. The number of furan rings is 1. The van der Waals surface area contributed by atoms with Crippen LogP contribution in [-0.4, -0.2) is 40.1 Å². The van der Waals surface area contributed by atoms with Crippen molar-refractivity contribution in [2.75, 3.05) is 18.9 Å². The fraction of sp³-hybridized carbons (Fsp3) is 0.286. The average Bonchev–Trinajstić information content (AvgIpc) is 3.31. The van der Waals surface area contributed by atoms with Gasteiger partial charge in [-0.05, 0) is 36.4 Å². The van der Waals surface area contributed by atoms with Crippen molar-refractivity contribution in [3.05, 3.63) is 65.2 Å². The van der Waals surface area contributed by atoms with Gasteiger partial charge in [-0.25, -0.2) is 4.68 Å². The molecule has 0 spiro atoms. The van der Waals surface area contributed by atoms with Crippen molar-refractivity contribution in [3.8, 4) is 5.69 Å². The lowest BCUT2D eigenvalue weighted by molar-refractivity contribution is -0.116. The number of rotatable bonds is 5. The standard InChI is InChI=1S/C21H23ClN4O3/c1-21(2,3)17-12-18(26(24-17)15-9-7-14(22)8-10-15)23-19(27)13-25(4)20(28)16-6-5-11-29-16/h5-12H,13H2,1-4H3,(H,23,27). The minimum atomic E-state index is -0.369. The zero-order valence-corrected chi connectivity index (χ0v) is 17.5. The van der Waals surface area contributed by atoms with Crippen LogP contribution in [0.1, 0.15) is 37.0 Å². The number of halogens is 1. The first-order valence-electron chi connectivity index (χ1n) is 9.10. The summed E-state index contributed by atoms with van der Waals surface area (Å²) < 4.78 is 6.75. The summed E-state index contributed by atoms with van der Waals surface area (Å²) in [5, 5.41) is 8.12. The van der Waals surface area contributed by atoms with E-state index >= 15 is 0 Å². The second kappa shape index (κ2) is 8.13. The van der Waals surface area contributed by atoms with E-state index in [0.29, 0.717) is 10.8 Å². The van der Waals surface area contributed by atoms with Crippen LogP contribution in [-0.2, 0) is 10.2 Å². The number of carbonyl (C=O) groups is 2. The molecule has 0 aliphatic carbocycles. The van der Waals surface area contributed by atoms with Crippen LogP contribution >= 0.6 is 11.6 Å². The Bertz CT molecular complexity index is 1000. The van der Waals surface area contributed by atoms with Crippen molar-refractivity contribution in [3.63, 3.8) is 0 Å². The lowest BCUT2D eigenvalue weighted by atomic mass is 9.92. The predicted molar refractivity (Wildman–Crippen MR) is 112 cm³/mol. The van der Waals surface area contributed by atoms with Crippen molar-refractivity contribution >= 4 is 29.2 Å². The Labute approximate surface area is 174 Å². The highest BCUT2D eigenvalue weighted by Gasteiger charge is 2.23. The van der Waals surface area contributed by atoms with Crippen molar-refractivity contribution in [1.29, 1.82) is 0 Å². The number of hydrogen-bond donors (Lipinski definition) is 1. The quantitative estimate of drug-likeness (QED) is 0.680. The van der Waals surface area contributed by atoms with Crippen molar-refractivity contribution < 1.29 is 14.0 Å². The zero-order valence-electron chi connectivity index (χ0n) is 16.8. The average molecular weight is 415 g/mol. The number of benzene rings is 1. The van der Waals surface area contributed by atoms with E-state index in [1.54, 1.807) is 36.0 Å². The fourth-order valence-electron chi connectivity index (χ4n) is 2.67. The summed E-state index contributed by atoms with van der Waals surface area (Å²) in [5.41, 5.74) is 1.38. The third kappa shape index (κ3) is 4.86. The molecule has 3 aromatic rings. The molecule has 0 aliphatic rings. The molecule has 2 amide bonds. The molecule has 1 N–H and O–H groups in total. The molecule has 0 aliphatic heterocycles. The van der Waals surface area contributed by atoms with Gasteiger partial charge in [0.15, 0.2) is 5.76 Å². The van der Waals surface area contributed by atoms with Crippen molar-refractivity contribution in [2.24, 2.45) is 0 Å². The summed E-state index contributed by atoms with van der Waals surface area (Å²) in [4.78, 5) is 26.2. The Kier molecular flexibility index (Phi) is 5.79. The summed E-state index contributed by atoms with van der Waals surface area (Å²) in [6.45, 7) is 6.00. The van der Waals surface area contributed by atoms with Gasteiger partial charge >= 0.3 is 0 Å². The van der Waals surface area contributed by atoms with Gasteiger partial charge in [0.25, 0.3) is 5.91 Å². The lowest BCUT2D eigenvalue weighted by Gasteiger charge is -2.15. The van der Waals surface area contributed by atoms with E-state index in [1.165, 1.54) is 11.2 Å². The minimum absolute atomic E-state index is 0.129. The van der Waals surface area contributed by atoms with Crippen LogP contribution in [0.25, 0.3) is 5.69 Å². The summed E-state index contributed by atoms with van der Waals surface area (Å²) in [6, 6.07) is 12.2. The van der Waals surface area contributed by atoms with E-state index < -0.39 is 0 Å². The van der Waals surface area contributed by atoms with Gasteiger partial charge < -0.3 is 14.6 Å². The largest absolute Gasteiger partial charge is 0.459 e. The molecule has 3 rings (SSSR count). The van der Waals surface area contributed by atoms with Crippen molar-refractivity contribution in [1.82, 2.24) is 14.7 Å². The number of nitrogens with zero attached hydrogens (tertiary/aromatic N) is 3. The van der Waals surface area contributed by atoms with Gasteiger partial charge in [0.2, 0.25) is 5.91 Å². The number of carbonyl (C=O) groups excluding carboxylic acids is 2. The molecule has 7 nitrogen and oxygen atoms in total. The molecule has 0 unspecified atom stereocenters. The first-order chi connectivity index (χ1) is 13.6. The lowest BCUT2D eigenvalue weighted by Crippen LogP contribution is -2.35.